The van der Waals surface area contributed by atoms with Crippen molar-refractivity contribution in [2.75, 3.05) is 22.5 Å². The Kier molecular flexibility index (Phi) is 4.90. The van der Waals surface area contributed by atoms with Gasteiger partial charge in [0.1, 0.15) is 0 Å². The number of nitrogen functional groups attached to an aromatic ring is 2. The van der Waals surface area contributed by atoms with Gasteiger partial charge >= 0.3 is 5.97 Å². The first kappa shape index (κ1) is 15.7. The number of rotatable bonds is 5. The van der Waals surface area contributed by atoms with Crippen LogP contribution < -0.4 is 16.8 Å². The molecule has 0 heterocycles. The van der Waals surface area contributed by atoms with Crippen molar-refractivity contribution < 1.29 is 14.7 Å². The molecule has 2 rings (SSSR count). The molecule has 22 heavy (non-hydrogen) atoms. The summed E-state index contributed by atoms with van der Waals surface area (Å²) in [6, 6.07) is 11.6. The van der Waals surface area contributed by atoms with Crippen LogP contribution in [0.15, 0.2) is 47.4 Å². The zero-order valence-corrected chi connectivity index (χ0v) is 12.4. The Labute approximate surface area is 131 Å². The maximum Gasteiger partial charge on any atom is 0.313 e. The standard InChI is InChI=1S/C15H15N3O3S/c16-12-6-1-9(7-13(12)17)15(21)18-10-2-4-11(5-3-10)22-8-14(19)20/h1-7H,8,16-17H2,(H,18,21)(H,19,20). The molecule has 0 saturated heterocycles. The van der Waals surface area contributed by atoms with Crippen LogP contribution in [0.5, 0.6) is 0 Å². The summed E-state index contributed by atoms with van der Waals surface area (Å²) in [6.45, 7) is 0. The minimum absolute atomic E-state index is 0.00355. The Morgan fingerprint density at radius 2 is 1.73 bits per heavy atom. The predicted molar refractivity (Wildman–Crippen MR) is 88.0 cm³/mol. The van der Waals surface area contributed by atoms with Gasteiger partial charge in [-0.3, -0.25) is 9.59 Å². The van der Waals surface area contributed by atoms with E-state index >= 15 is 0 Å². The van der Waals surface area contributed by atoms with E-state index < -0.39 is 5.97 Å². The van der Waals surface area contributed by atoms with E-state index in [1.165, 1.54) is 17.8 Å². The lowest BCUT2D eigenvalue weighted by Gasteiger charge is -2.08. The summed E-state index contributed by atoms with van der Waals surface area (Å²) in [4.78, 5) is 23.4. The quantitative estimate of drug-likeness (QED) is 0.496. The fraction of sp³-hybridized carbons (Fsp3) is 0.0667. The molecule has 0 fully saturated rings. The highest BCUT2D eigenvalue weighted by Gasteiger charge is 2.08. The Balaban J connectivity index is 2.02. The molecule has 0 radical (unpaired) electrons. The SMILES string of the molecule is Nc1ccc(C(=O)Nc2ccc(SCC(=O)O)cc2)cc1N. The van der Waals surface area contributed by atoms with Gasteiger partial charge in [0, 0.05) is 16.1 Å². The number of hydrogen-bond donors (Lipinski definition) is 4. The summed E-state index contributed by atoms with van der Waals surface area (Å²) in [5.74, 6) is -1.17. The van der Waals surface area contributed by atoms with Crippen molar-refractivity contribution in [3.63, 3.8) is 0 Å². The summed E-state index contributed by atoms with van der Waals surface area (Å²) in [6.07, 6.45) is 0. The second kappa shape index (κ2) is 6.86. The van der Waals surface area contributed by atoms with Gasteiger partial charge in [0.15, 0.2) is 0 Å². The van der Waals surface area contributed by atoms with Gasteiger partial charge in [0.25, 0.3) is 5.91 Å². The van der Waals surface area contributed by atoms with Crippen LogP contribution in [0.25, 0.3) is 0 Å². The molecule has 0 bridgehead atoms. The van der Waals surface area contributed by atoms with Gasteiger partial charge in [-0.2, -0.15) is 0 Å². The van der Waals surface area contributed by atoms with Gasteiger partial charge in [-0.15, -0.1) is 11.8 Å². The molecule has 6 nitrogen and oxygen atoms in total. The largest absolute Gasteiger partial charge is 0.481 e. The molecule has 2 aromatic rings. The van der Waals surface area contributed by atoms with E-state index in [4.69, 9.17) is 16.6 Å². The highest BCUT2D eigenvalue weighted by atomic mass is 32.2. The van der Waals surface area contributed by atoms with Crippen LogP contribution in [-0.4, -0.2) is 22.7 Å². The van der Waals surface area contributed by atoms with E-state index in [2.05, 4.69) is 5.32 Å². The Morgan fingerprint density at radius 1 is 1.05 bits per heavy atom. The Morgan fingerprint density at radius 3 is 2.32 bits per heavy atom. The number of aliphatic carboxylic acids is 1. The lowest BCUT2D eigenvalue weighted by molar-refractivity contribution is -0.133. The molecule has 0 unspecified atom stereocenters. The number of hydrogen-bond acceptors (Lipinski definition) is 5. The van der Waals surface area contributed by atoms with Gasteiger partial charge in [0.2, 0.25) is 0 Å². The summed E-state index contributed by atoms with van der Waals surface area (Å²) >= 11 is 1.21. The Bertz CT molecular complexity index is 702. The highest BCUT2D eigenvalue weighted by Crippen LogP contribution is 2.21. The number of carbonyl (C=O) groups is 2. The normalized spacial score (nSPS) is 10.2. The second-order valence-electron chi connectivity index (χ2n) is 4.50. The maximum absolute atomic E-state index is 12.1. The summed E-state index contributed by atoms with van der Waals surface area (Å²) in [5.41, 5.74) is 13.1. The van der Waals surface area contributed by atoms with E-state index in [-0.39, 0.29) is 11.7 Å². The van der Waals surface area contributed by atoms with E-state index in [1.807, 2.05) is 0 Å². The first-order valence-electron chi connectivity index (χ1n) is 6.36. The molecule has 1 amide bonds. The number of benzene rings is 2. The van der Waals surface area contributed by atoms with Crippen LogP contribution in [0.3, 0.4) is 0 Å². The molecule has 0 saturated carbocycles. The fourth-order valence-electron chi connectivity index (χ4n) is 1.70. The molecule has 0 aliphatic heterocycles. The zero-order chi connectivity index (χ0) is 16.1. The molecule has 0 atom stereocenters. The van der Waals surface area contributed by atoms with Crippen molar-refractivity contribution in [3.8, 4) is 0 Å². The first-order valence-corrected chi connectivity index (χ1v) is 7.35. The smallest absolute Gasteiger partial charge is 0.313 e. The van der Waals surface area contributed by atoms with Crippen molar-refractivity contribution in [2.45, 2.75) is 4.90 Å². The van der Waals surface area contributed by atoms with Crippen LogP contribution in [0, 0.1) is 0 Å². The molecule has 0 aliphatic carbocycles. The number of carbonyl (C=O) groups excluding carboxylic acids is 1. The van der Waals surface area contributed by atoms with Gasteiger partial charge < -0.3 is 21.9 Å². The average Bonchev–Trinajstić information content (AvgIpc) is 2.49. The topological polar surface area (TPSA) is 118 Å². The summed E-state index contributed by atoms with van der Waals surface area (Å²) in [5, 5.41) is 11.4. The molecular weight excluding hydrogens is 302 g/mol. The van der Waals surface area contributed by atoms with Crippen LogP contribution in [0.1, 0.15) is 10.4 Å². The molecule has 0 aromatic heterocycles. The molecule has 0 aliphatic rings. The molecule has 6 N–H and O–H groups in total. The molecule has 2 aromatic carbocycles. The lowest BCUT2D eigenvalue weighted by Crippen LogP contribution is -2.12. The minimum Gasteiger partial charge on any atom is -0.481 e. The average molecular weight is 317 g/mol. The van der Waals surface area contributed by atoms with Crippen molar-refractivity contribution in [1.29, 1.82) is 0 Å². The number of thioether (sulfide) groups is 1. The van der Waals surface area contributed by atoms with E-state index in [1.54, 1.807) is 36.4 Å². The van der Waals surface area contributed by atoms with E-state index in [9.17, 15) is 9.59 Å². The third kappa shape index (κ3) is 4.16. The predicted octanol–water partition coefficient (Wildman–Crippen LogP) is 2.28. The second-order valence-corrected chi connectivity index (χ2v) is 5.55. The minimum atomic E-state index is -0.872. The van der Waals surface area contributed by atoms with Crippen molar-refractivity contribution in [2.24, 2.45) is 0 Å². The maximum atomic E-state index is 12.1. The third-order valence-electron chi connectivity index (χ3n) is 2.82. The highest BCUT2D eigenvalue weighted by molar-refractivity contribution is 8.00. The fourth-order valence-corrected chi connectivity index (χ4v) is 2.32. The van der Waals surface area contributed by atoms with Gasteiger partial charge in [0.05, 0.1) is 17.1 Å². The first-order chi connectivity index (χ1) is 10.5. The Hall–Kier alpha value is -2.67. The van der Waals surface area contributed by atoms with Crippen LogP contribution >= 0.6 is 11.8 Å². The van der Waals surface area contributed by atoms with Crippen LogP contribution in [0.2, 0.25) is 0 Å². The monoisotopic (exact) mass is 317 g/mol. The van der Waals surface area contributed by atoms with Crippen molar-refractivity contribution >= 4 is 40.7 Å². The van der Waals surface area contributed by atoms with Gasteiger partial charge in [-0.05, 0) is 42.5 Å². The number of carboxylic acids is 1. The number of amides is 1. The van der Waals surface area contributed by atoms with E-state index in [0.29, 0.717) is 22.6 Å². The van der Waals surface area contributed by atoms with E-state index in [0.717, 1.165) is 4.90 Å². The van der Waals surface area contributed by atoms with Crippen LogP contribution in [0.4, 0.5) is 17.1 Å². The van der Waals surface area contributed by atoms with Crippen molar-refractivity contribution in [1.82, 2.24) is 0 Å². The molecule has 114 valence electrons. The number of anilines is 3. The van der Waals surface area contributed by atoms with Gasteiger partial charge in [-0.1, -0.05) is 0 Å². The van der Waals surface area contributed by atoms with Crippen LogP contribution in [-0.2, 0) is 4.79 Å². The summed E-state index contributed by atoms with van der Waals surface area (Å²) in [7, 11) is 0. The molecular formula is C15H15N3O3S. The van der Waals surface area contributed by atoms with Crippen molar-refractivity contribution in [3.05, 3.63) is 48.0 Å². The number of carboxylic acid groups (broad SMARTS) is 1. The number of nitrogens with one attached hydrogen (secondary N) is 1. The lowest BCUT2D eigenvalue weighted by atomic mass is 10.1. The molecule has 7 heteroatoms. The molecule has 0 spiro atoms. The third-order valence-corrected chi connectivity index (χ3v) is 3.82. The number of nitrogens with two attached hydrogens (primary N) is 2. The summed E-state index contributed by atoms with van der Waals surface area (Å²) < 4.78 is 0. The zero-order valence-electron chi connectivity index (χ0n) is 11.6. The van der Waals surface area contributed by atoms with Gasteiger partial charge in [-0.25, -0.2) is 0 Å².